The van der Waals surface area contributed by atoms with Crippen LogP contribution in [0.3, 0.4) is 0 Å². The minimum atomic E-state index is -0.564. The van der Waals surface area contributed by atoms with Gasteiger partial charge in [-0.2, -0.15) is 0 Å². The van der Waals surface area contributed by atoms with Crippen molar-refractivity contribution in [3.8, 4) is 0 Å². The summed E-state index contributed by atoms with van der Waals surface area (Å²) in [5.41, 5.74) is 1.96. The zero-order valence-electron chi connectivity index (χ0n) is 21.5. The van der Waals surface area contributed by atoms with Crippen LogP contribution in [0.25, 0.3) is 0 Å². The minimum Gasteiger partial charge on any atom is -0.287 e. The zero-order valence-corrected chi connectivity index (χ0v) is 26.2. The standard InChI is InChI=1S/C30H18Br3N4O4/c1-15-11-19-23(21(32)12-15)36(30(41)17-5-9-35(2)10-6-17)25(27(19)38)26-28(39)20-13-18(31)14-22(33)24(20)37(26)29(40)16-3-7-34-8-4-16/h3-14H,1-2H3/q+1/b26-25+. The summed E-state index contributed by atoms with van der Waals surface area (Å²) in [4.78, 5) is 63.2. The molecule has 0 saturated heterocycles. The first kappa shape index (κ1) is 27.4. The van der Waals surface area contributed by atoms with Gasteiger partial charge in [0.2, 0.25) is 11.6 Å². The number of Topliss-reactive ketones (excluding diaryl/α,β-unsaturated/α-hetero) is 2. The number of halogens is 3. The fourth-order valence-electron chi connectivity index (χ4n) is 5.01. The molecule has 0 fully saturated rings. The Kier molecular flexibility index (Phi) is 6.83. The van der Waals surface area contributed by atoms with Crippen molar-refractivity contribution in [1.82, 2.24) is 4.98 Å². The van der Waals surface area contributed by atoms with Crippen molar-refractivity contribution in [3.63, 3.8) is 0 Å². The van der Waals surface area contributed by atoms with Gasteiger partial charge in [0.25, 0.3) is 11.8 Å². The van der Waals surface area contributed by atoms with Crippen molar-refractivity contribution in [2.75, 3.05) is 9.80 Å². The fourth-order valence-corrected chi connectivity index (χ4v) is 7.17. The number of hydrogen-bond donors (Lipinski definition) is 0. The van der Waals surface area contributed by atoms with E-state index in [1.165, 1.54) is 34.3 Å². The summed E-state index contributed by atoms with van der Waals surface area (Å²) < 4.78 is 3.34. The van der Waals surface area contributed by atoms with Crippen LogP contribution in [-0.2, 0) is 7.05 Å². The normalized spacial score (nSPS) is 15.8. The molecule has 0 spiro atoms. The van der Waals surface area contributed by atoms with E-state index in [0.29, 0.717) is 24.7 Å². The highest BCUT2D eigenvalue weighted by Gasteiger charge is 2.48. The zero-order chi connectivity index (χ0) is 29.2. The minimum absolute atomic E-state index is 0.198. The maximum Gasteiger partial charge on any atom is 0.263 e. The van der Waals surface area contributed by atoms with Crippen molar-refractivity contribution in [2.24, 2.45) is 7.05 Å². The largest absolute Gasteiger partial charge is 0.287 e. The topological polar surface area (TPSA) is 91.5 Å². The molecule has 4 heterocycles. The molecule has 202 valence electrons. The smallest absolute Gasteiger partial charge is 0.263 e. The number of nitrogens with zero attached hydrogens (tertiary/aromatic N) is 4. The number of aryl methyl sites for hydroxylation is 2. The molecule has 2 aliphatic rings. The van der Waals surface area contributed by atoms with Crippen molar-refractivity contribution in [3.05, 3.63) is 126 Å². The second-order valence-electron chi connectivity index (χ2n) is 9.55. The Hall–Kier alpha value is -3.80. The average Bonchev–Trinajstić information content (AvgIpc) is 3.39. The first-order valence-electron chi connectivity index (χ1n) is 12.3. The van der Waals surface area contributed by atoms with Crippen LogP contribution in [0.4, 0.5) is 11.4 Å². The number of rotatable bonds is 2. The van der Waals surface area contributed by atoms with Crippen LogP contribution >= 0.6 is 47.8 Å². The molecule has 8 nitrogen and oxygen atoms in total. The number of benzene rings is 2. The van der Waals surface area contributed by atoms with Crippen LogP contribution in [0.1, 0.15) is 47.0 Å². The van der Waals surface area contributed by atoms with Gasteiger partial charge in [-0.05, 0) is 80.7 Å². The number of hydrogen-bond acceptors (Lipinski definition) is 5. The Bertz CT molecular complexity index is 1870. The predicted molar refractivity (Wildman–Crippen MR) is 162 cm³/mol. The van der Waals surface area contributed by atoms with Crippen molar-refractivity contribution in [1.29, 1.82) is 0 Å². The number of anilines is 2. The number of carbonyl (C=O) groups excluding carboxylic acids is 4. The van der Waals surface area contributed by atoms with E-state index in [1.807, 2.05) is 14.0 Å². The Balaban J connectivity index is 1.68. The maximum absolute atomic E-state index is 14.2. The second-order valence-corrected chi connectivity index (χ2v) is 12.2. The highest BCUT2D eigenvalue weighted by atomic mass is 79.9. The first-order chi connectivity index (χ1) is 19.6. The van der Waals surface area contributed by atoms with Gasteiger partial charge >= 0.3 is 0 Å². The number of carbonyl (C=O) groups is 4. The Labute approximate surface area is 259 Å². The molecule has 6 rings (SSSR count). The fraction of sp³-hybridized carbons (Fsp3) is 0.0667. The molecule has 2 aromatic carbocycles. The Morgan fingerprint density at radius 3 is 1.78 bits per heavy atom. The van der Waals surface area contributed by atoms with Crippen LogP contribution in [0.5, 0.6) is 0 Å². The van der Waals surface area contributed by atoms with Crippen molar-refractivity contribution < 1.29 is 23.7 Å². The number of allylic oxidation sites excluding steroid dienone is 2. The van der Waals surface area contributed by atoms with E-state index in [2.05, 4.69) is 52.8 Å². The molecule has 2 aromatic heterocycles. The van der Waals surface area contributed by atoms with Gasteiger partial charge in [-0.1, -0.05) is 15.9 Å². The van der Waals surface area contributed by atoms with Gasteiger partial charge in [-0.25, -0.2) is 4.57 Å². The molecule has 41 heavy (non-hydrogen) atoms. The number of pyridine rings is 2. The van der Waals surface area contributed by atoms with Crippen LogP contribution in [0.15, 0.2) is 98.1 Å². The molecule has 11 heteroatoms. The van der Waals surface area contributed by atoms with Gasteiger partial charge in [0.05, 0.1) is 22.5 Å². The number of ketones is 2. The third-order valence-corrected chi connectivity index (χ3v) is 8.50. The van der Waals surface area contributed by atoms with Crippen molar-refractivity contribution in [2.45, 2.75) is 6.92 Å². The third-order valence-electron chi connectivity index (χ3n) is 6.83. The quantitative estimate of drug-likeness (QED) is 0.183. The lowest BCUT2D eigenvalue weighted by Crippen LogP contribution is -2.37. The molecule has 0 unspecified atom stereocenters. The van der Waals surface area contributed by atoms with Gasteiger partial charge in [0, 0.05) is 49.1 Å². The molecule has 2 amide bonds. The highest BCUT2D eigenvalue weighted by molar-refractivity contribution is 9.11. The molecule has 0 aliphatic carbocycles. The van der Waals surface area contributed by atoms with Gasteiger partial charge in [0.15, 0.2) is 12.4 Å². The molecular weight excluding hydrogens is 720 g/mol. The summed E-state index contributed by atoms with van der Waals surface area (Å²) >= 11 is 10.5. The summed E-state index contributed by atoms with van der Waals surface area (Å²) in [6, 6.07) is 13.1. The van der Waals surface area contributed by atoms with Crippen LogP contribution < -0.4 is 14.4 Å². The SMILES string of the molecule is Cc1cc(Br)c2c(c1)C(=O)/C(=C1/C(=O)c3cc(Br)cc(Br)c3N1C(=O)c1ccncc1)N2C(=O)c1cc[n+](C)cc1. The number of amides is 2. The number of fused-ring (bicyclic) bond motifs is 2. The van der Waals surface area contributed by atoms with Crippen LogP contribution in [-0.4, -0.2) is 28.4 Å². The maximum atomic E-state index is 14.2. The summed E-state index contributed by atoms with van der Waals surface area (Å²) in [6.07, 6.45) is 6.37. The predicted octanol–water partition coefficient (Wildman–Crippen LogP) is 6.10. The lowest BCUT2D eigenvalue weighted by molar-refractivity contribution is -0.671. The molecule has 4 aromatic rings. The summed E-state index contributed by atoms with van der Waals surface area (Å²) in [7, 11) is 1.82. The monoisotopic (exact) mass is 735 g/mol. The Morgan fingerprint density at radius 2 is 1.22 bits per heavy atom. The average molecular weight is 738 g/mol. The summed E-state index contributed by atoms with van der Waals surface area (Å²) in [6.45, 7) is 1.83. The summed E-state index contributed by atoms with van der Waals surface area (Å²) in [5, 5.41) is 0. The Morgan fingerprint density at radius 1 is 0.732 bits per heavy atom. The highest BCUT2D eigenvalue weighted by Crippen LogP contribution is 2.48. The molecule has 0 atom stereocenters. The van der Waals surface area contributed by atoms with Crippen molar-refractivity contribution >= 4 is 82.5 Å². The van der Waals surface area contributed by atoms with E-state index < -0.39 is 23.4 Å². The van der Waals surface area contributed by atoms with E-state index in [-0.39, 0.29) is 33.8 Å². The molecule has 0 saturated carbocycles. The van der Waals surface area contributed by atoms with Crippen LogP contribution in [0.2, 0.25) is 0 Å². The molecule has 0 bridgehead atoms. The van der Waals surface area contributed by atoms with E-state index >= 15 is 0 Å². The number of aromatic nitrogens is 2. The molecule has 0 N–H and O–H groups in total. The van der Waals surface area contributed by atoms with E-state index in [1.54, 1.807) is 53.4 Å². The second kappa shape index (κ2) is 10.2. The molecule has 0 radical (unpaired) electrons. The van der Waals surface area contributed by atoms with Crippen LogP contribution in [0, 0.1) is 6.92 Å². The summed E-state index contributed by atoms with van der Waals surface area (Å²) in [5.74, 6) is -2.18. The molecular formula is C30H18Br3N4O4+. The third kappa shape index (κ3) is 4.39. The van der Waals surface area contributed by atoms with E-state index in [4.69, 9.17) is 0 Å². The van der Waals surface area contributed by atoms with Gasteiger partial charge in [-0.3, -0.25) is 34.0 Å². The first-order valence-corrected chi connectivity index (χ1v) is 14.6. The van der Waals surface area contributed by atoms with E-state index in [9.17, 15) is 19.2 Å². The lowest BCUT2D eigenvalue weighted by Gasteiger charge is -2.25. The van der Waals surface area contributed by atoms with Gasteiger partial charge in [0.1, 0.15) is 18.4 Å². The van der Waals surface area contributed by atoms with E-state index in [0.717, 1.165) is 5.56 Å². The van der Waals surface area contributed by atoms with Gasteiger partial charge in [-0.15, -0.1) is 0 Å². The lowest BCUT2D eigenvalue weighted by atomic mass is 10.1. The van der Waals surface area contributed by atoms with Gasteiger partial charge < -0.3 is 0 Å². The molecule has 2 aliphatic heterocycles.